The molecule has 1 saturated heterocycles. The van der Waals surface area contributed by atoms with Crippen molar-refractivity contribution >= 4 is 17.5 Å². The molecule has 204 valence electrons. The zero-order valence-corrected chi connectivity index (χ0v) is 22.4. The second-order valence-corrected chi connectivity index (χ2v) is 9.95. The third kappa shape index (κ3) is 7.16. The Kier molecular flexibility index (Phi) is 8.75. The molecule has 3 aromatic rings. The van der Waals surface area contributed by atoms with Gasteiger partial charge in [0.05, 0.1) is 26.2 Å². The zero-order chi connectivity index (χ0) is 27.0. The molecular formula is C31H35N3O5. The van der Waals surface area contributed by atoms with Crippen molar-refractivity contribution < 1.29 is 23.8 Å². The normalized spacial score (nSPS) is 14.7. The van der Waals surface area contributed by atoms with Crippen LogP contribution in [0.25, 0.3) is 0 Å². The number of carbonyl (C=O) groups is 2. The van der Waals surface area contributed by atoms with Gasteiger partial charge >= 0.3 is 0 Å². The lowest BCUT2D eigenvalue weighted by molar-refractivity contribution is -0.120. The van der Waals surface area contributed by atoms with Gasteiger partial charge in [0.1, 0.15) is 0 Å². The number of ether oxygens (including phenoxy) is 3. The Hall–Kier alpha value is -3.88. The Bertz CT molecular complexity index is 1290. The van der Waals surface area contributed by atoms with Gasteiger partial charge in [0, 0.05) is 30.9 Å². The molecule has 2 heterocycles. The second kappa shape index (κ2) is 12.8. The second-order valence-electron chi connectivity index (χ2n) is 9.95. The largest absolute Gasteiger partial charge is 0.454 e. The summed E-state index contributed by atoms with van der Waals surface area (Å²) in [7, 11) is 0. The van der Waals surface area contributed by atoms with Crippen LogP contribution < -0.4 is 19.7 Å². The summed E-state index contributed by atoms with van der Waals surface area (Å²) in [5.74, 6) is 1.02. The molecule has 8 heteroatoms. The van der Waals surface area contributed by atoms with Crippen LogP contribution in [0.15, 0.2) is 66.7 Å². The van der Waals surface area contributed by atoms with E-state index in [1.807, 2.05) is 55.5 Å². The number of aryl methyl sites for hydroxylation is 1. The first-order chi connectivity index (χ1) is 19.0. The van der Waals surface area contributed by atoms with Crippen LogP contribution in [-0.4, -0.2) is 62.9 Å². The average Bonchev–Trinajstić information content (AvgIpc) is 3.43. The first kappa shape index (κ1) is 26.7. The highest BCUT2D eigenvalue weighted by Crippen LogP contribution is 2.33. The fourth-order valence-electron chi connectivity index (χ4n) is 4.78. The van der Waals surface area contributed by atoms with Crippen molar-refractivity contribution in [1.82, 2.24) is 10.2 Å². The van der Waals surface area contributed by atoms with Gasteiger partial charge < -0.3 is 24.4 Å². The Morgan fingerprint density at radius 1 is 0.923 bits per heavy atom. The number of benzene rings is 3. The molecule has 0 radical (unpaired) electrons. The van der Waals surface area contributed by atoms with Crippen LogP contribution in [0.3, 0.4) is 0 Å². The number of rotatable bonds is 10. The Morgan fingerprint density at radius 2 is 1.72 bits per heavy atom. The Labute approximate surface area is 229 Å². The SMILES string of the molecule is Cc1ccc(CN(C(=O)c2ccc3c(c2)OCO3)c2cccc(CC(=O)NCCCN3CCOCC3)c2)cc1. The topological polar surface area (TPSA) is 80.3 Å². The van der Waals surface area contributed by atoms with Gasteiger partial charge in [-0.3, -0.25) is 14.5 Å². The standard InChI is InChI=1S/C31H35N3O5/c1-23-6-8-24(9-7-23)21-34(31(36)26-10-11-28-29(20-26)39-22-38-28)27-5-2-4-25(18-27)19-30(35)32-12-3-13-33-14-16-37-17-15-33/h2,4-11,18,20H,3,12-17,19,21-22H2,1H3,(H,32,35). The minimum Gasteiger partial charge on any atom is -0.454 e. The van der Waals surface area contributed by atoms with E-state index >= 15 is 0 Å². The van der Waals surface area contributed by atoms with Crippen LogP contribution >= 0.6 is 0 Å². The molecule has 0 spiro atoms. The van der Waals surface area contributed by atoms with Crippen molar-refractivity contribution in [3.05, 3.63) is 89.0 Å². The van der Waals surface area contributed by atoms with E-state index < -0.39 is 0 Å². The summed E-state index contributed by atoms with van der Waals surface area (Å²) < 4.78 is 16.3. The van der Waals surface area contributed by atoms with Crippen LogP contribution in [-0.2, 0) is 22.5 Å². The molecule has 3 aromatic carbocycles. The molecule has 2 aliphatic heterocycles. The number of hydrogen-bond acceptors (Lipinski definition) is 6. The Balaban J connectivity index is 1.27. The summed E-state index contributed by atoms with van der Waals surface area (Å²) in [5.41, 5.74) is 4.26. The molecule has 0 bridgehead atoms. The van der Waals surface area contributed by atoms with Gasteiger partial charge in [-0.05, 0) is 61.3 Å². The molecule has 0 unspecified atom stereocenters. The van der Waals surface area contributed by atoms with Crippen LogP contribution in [0.4, 0.5) is 5.69 Å². The van der Waals surface area contributed by atoms with Gasteiger partial charge in [-0.15, -0.1) is 0 Å². The van der Waals surface area contributed by atoms with E-state index in [2.05, 4.69) is 10.2 Å². The molecule has 0 aliphatic carbocycles. The maximum atomic E-state index is 13.8. The quantitative estimate of drug-likeness (QED) is 0.401. The molecule has 0 atom stereocenters. The number of fused-ring (bicyclic) bond motifs is 1. The fourth-order valence-corrected chi connectivity index (χ4v) is 4.78. The van der Waals surface area contributed by atoms with E-state index in [9.17, 15) is 9.59 Å². The van der Waals surface area contributed by atoms with E-state index in [1.54, 1.807) is 23.1 Å². The van der Waals surface area contributed by atoms with Crippen molar-refractivity contribution in [2.45, 2.75) is 26.3 Å². The first-order valence-electron chi connectivity index (χ1n) is 13.5. The van der Waals surface area contributed by atoms with Gasteiger partial charge in [-0.2, -0.15) is 0 Å². The van der Waals surface area contributed by atoms with E-state index in [0.29, 0.717) is 30.2 Å². The van der Waals surface area contributed by atoms with Crippen molar-refractivity contribution in [3.8, 4) is 11.5 Å². The fraction of sp³-hybridized carbons (Fsp3) is 0.355. The molecule has 1 N–H and O–H groups in total. The average molecular weight is 530 g/mol. The summed E-state index contributed by atoms with van der Waals surface area (Å²) in [5, 5.41) is 3.03. The molecular weight excluding hydrogens is 494 g/mol. The molecule has 2 aliphatic rings. The third-order valence-electron chi connectivity index (χ3n) is 6.99. The van der Waals surface area contributed by atoms with Gasteiger partial charge in [0.15, 0.2) is 11.5 Å². The lowest BCUT2D eigenvalue weighted by Gasteiger charge is -2.26. The summed E-state index contributed by atoms with van der Waals surface area (Å²) in [6.07, 6.45) is 1.15. The van der Waals surface area contributed by atoms with Gasteiger partial charge in [-0.1, -0.05) is 42.0 Å². The molecule has 39 heavy (non-hydrogen) atoms. The summed E-state index contributed by atoms with van der Waals surface area (Å²) in [4.78, 5) is 30.6. The lowest BCUT2D eigenvalue weighted by atomic mass is 10.1. The van der Waals surface area contributed by atoms with Crippen molar-refractivity contribution in [2.24, 2.45) is 0 Å². The number of hydrogen-bond donors (Lipinski definition) is 1. The summed E-state index contributed by atoms with van der Waals surface area (Å²) in [6, 6.07) is 21.0. The highest BCUT2D eigenvalue weighted by molar-refractivity contribution is 6.06. The monoisotopic (exact) mass is 529 g/mol. The van der Waals surface area contributed by atoms with Gasteiger partial charge in [-0.25, -0.2) is 0 Å². The number of anilines is 1. The highest BCUT2D eigenvalue weighted by atomic mass is 16.7. The molecule has 1 fully saturated rings. The number of nitrogens with zero attached hydrogens (tertiary/aromatic N) is 2. The molecule has 2 amide bonds. The zero-order valence-electron chi connectivity index (χ0n) is 22.4. The number of nitrogens with one attached hydrogen (secondary N) is 1. The minimum absolute atomic E-state index is 0.0266. The molecule has 0 aromatic heterocycles. The molecule has 0 saturated carbocycles. The van der Waals surface area contributed by atoms with Crippen LogP contribution in [0, 0.1) is 6.92 Å². The van der Waals surface area contributed by atoms with E-state index in [4.69, 9.17) is 14.2 Å². The highest BCUT2D eigenvalue weighted by Gasteiger charge is 2.22. The maximum absolute atomic E-state index is 13.8. The predicted octanol–water partition coefficient (Wildman–Crippen LogP) is 3.95. The van der Waals surface area contributed by atoms with Crippen molar-refractivity contribution in [1.29, 1.82) is 0 Å². The van der Waals surface area contributed by atoms with Crippen LogP contribution in [0.5, 0.6) is 11.5 Å². The predicted molar refractivity (Wildman–Crippen MR) is 149 cm³/mol. The van der Waals surface area contributed by atoms with E-state index in [0.717, 1.165) is 61.6 Å². The van der Waals surface area contributed by atoms with Crippen LogP contribution in [0.2, 0.25) is 0 Å². The minimum atomic E-state index is -0.154. The number of carbonyl (C=O) groups excluding carboxylic acids is 2. The Morgan fingerprint density at radius 3 is 2.54 bits per heavy atom. The van der Waals surface area contributed by atoms with E-state index in [-0.39, 0.29) is 25.0 Å². The van der Waals surface area contributed by atoms with Crippen molar-refractivity contribution in [3.63, 3.8) is 0 Å². The van der Waals surface area contributed by atoms with Crippen LogP contribution in [0.1, 0.15) is 33.5 Å². The van der Waals surface area contributed by atoms with E-state index in [1.165, 1.54) is 0 Å². The van der Waals surface area contributed by atoms with Gasteiger partial charge in [0.25, 0.3) is 5.91 Å². The molecule has 5 rings (SSSR count). The number of amides is 2. The lowest BCUT2D eigenvalue weighted by Crippen LogP contribution is -2.38. The van der Waals surface area contributed by atoms with Crippen molar-refractivity contribution in [2.75, 3.05) is 51.1 Å². The number of morpholine rings is 1. The maximum Gasteiger partial charge on any atom is 0.258 e. The first-order valence-corrected chi connectivity index (χ1v) is 13.5. The smallest absolute Gasteiger partial charge is 0.258 e. The third-order valence-corrected chi connectivity index (χ3v) is 6.99. The van der Waals surface area contributed by atoms with Gasteiger partial charge in [0.2, 0.25) is 12.7 Å². The summed E-state index contributed by atoms with van der Waals surface area (Å²) in [6.45, 7) is 7.63. The summed E-state index contributed by atoms with van der Waals surface area (Å²) >= 11 is 0. The molecule has 8 nitrogen and oxygen atoms in total.